The lowest BCUT2D eigenvalue weighted by molar-refractivity contribution is -0.127. The molecule has 3 rings (SSSR count). The average molecular weight is 273 g/mol. The summed E-state index contributed by atoms with van der Waals surface area (Å²) in [6, 6.07) is 5.35. The van der Waals surface area contributed by atoms with Gasteiger partial charge in [-0.25, -0.2) is 0 Å². The molecule has 20 heavy (non-hydrogen) atoms. The smallest absolute Gasteiger partial charge is 0.225 e. The van der Waals surface area contributed by atoms with E-state index >= 15 is 0 Å². The summed E-state index contributed by atoms with van der Waals surface area (Å²) in [4.78, 5) is 23.2. The van der Waals surface area contributed by atoms with Crippen LogP contribution in [0.3, 0.4) is 0 Å². The SMILES string of the molecule is CC(NC(=O)C1CNC(=O)C1)c1nnc2ccccn12. The summed E-state index contributed by atoms with van der Waals surface area (Å²) >= 11 is 0. The van der Waals surface area contributed by atoms with Gasteiger partial charge in [-0.3, -0.25) is 14.0 Å². The van der Waals surface area contributed by atoms with Crippen molar-refractivity contribution in [3.63, 3.8) is 0 Å². The number of hydrogen-bond acceptors (Lipinski definition) is 4. The van der Waals surface area contributed by atoms with Crippen molar-refractivity contribution in [2.24, 2.45) is 5.92 Å². The first-order valence-corrected chi connectivity index (χ1v) is 6.52. The van der Waals surface area contributed by atoms with Crippen molar-refractivity contribution in [1.82, 2.24) is 25.2 Å². The molecule has 1 aliphatic heterocycles. The van der Waals surface area contributed by atoms with Crippen LogP contribution in [0.25, 0.3) is 5.65 Å². The van der Waals surface area contributed by atoms with Crippen LogP contribution in [0.15, 0.2) is 24.4 Å². The minimum atomic E-state index is -0.302. The first-order chi connectivity index (χ1) is 9.65. The topological polar surface area (TPSA) is 88.4 Å². The van der Waals surface area contributed by atoms with Crippen molar-refractivity contribution in [2.75, 3.05) is 6.54 Å². The van der Waals surface area contributed by atoms with E-state index in [0.717, 1.165) is 5.65 Å². The summed E-state index contributed by atoms with van der Waals surface area (Å²) in [6.45, 7) is 2.25. The molecular formula is C13H15N5O2. The van der Waals surface area contributed by atoms with Gasteiger partial charge in [-0.05, 0) is 19.1 Å². The van der Waals surface area contributed by atoms with Crippen LogP contribution in [-0.2, 0) is 9.59 Å². The molecular weight excluding hydrogens is 258 g/mol. The molecule has 0 radical (unpaired) electrons. The van der Waals surface area contributed by atoms with Crippen LogP contribution in [0.5, 0.6) is 0 Å². The van der Waals surface area contributed by atoms with E-state index in [-0.39, 0.29) is 30.2 Å². The monoisotopic (exact) mass is 273 g/mol. The number of nitrogens with one attached hydrogen (secondary N) is 2. The largest absolute Gasteiger partial charge is 0.355 e. The predicted molar refractivity (Wildman–Crippen MR) is 70.7 cm³/mol. The van der Waals surface area contributed by atoms with Crippen molar-refractivity contribution in [2.45, 2.75) is 19.4 Å². The number of carbonyl (C=O) groups is 2. The van der Waals surface area contributed by atoms with Gasteiger partial charge in [0.15, 0.2) is 11.5 Å². The molecule has 0 saturated carbocycles. The molecule has 1 fully saturated rings. The van der Waals surface area contributed by atoms with Crippen molar-refractivity contribution in [3.8, 4) is 0 Å². The number of fused-ring (bicyclic) bond motifs is 1. The molecule has 0 bridgehead atoms. The minimum absolute atomic E-state index is 0.0780. The Hall–Kier alpha value is -2.44. The van der Waals surface area contributed by atoms with Crippen LogP contribution in [0.4, 0.5) is 0 Å². The highest BCUT2D eigenvalue weighted by Gasteiger charge is 2.29. The second-order valence-corrected chi connectivity index (χ2v) is 4.92. The first kappa shape index (κ1) is 12.6. The zero-order valence-electron chi connectivity index (χ0n) is 11.0. The second-order valence-electron chi connectivity index (χ2n) is 4.92. The van der Waals surface area contributed by atoms with Crippen LogP contribution in [0.1, 0.15) is 25.2 Å². The molecule has 2 atom stereocenters. The van der Waals surface area contributed by atoms with Crippen molar-refractivity contribution < 1.29 is 9.59 Å². The van der Waals surface area contributed by atoms with E-state index in [4.69, 9.17) is 0 Å². The highest BCUT2D eigenvalue weighted by Crippen LogP contribution is 2.14. The summed E-state index contributed by atoms with van der Waals surface area (Å²) in [5.41, 5.74) is 0.737. The maximum Gasteiger partial charge on any atom is 0.225 e. The Morgan fingerprint density at radius 3 is 3.10 bits per heavy atom. The molecule has 2 aromatic rings. The lowest BCUT2D eigenvalue weighted by Crippen LogP contribution is -2.34. The third-order valence-corrected chi connectivity index (χ3v) is 3.43. The fourth-order valence-electron chi connectivity index (χ4n) is 2.34. The van der Waals surface area contributed by atoms with Gasteiger partial charge in [0.05, 0.1) is 12.0 Å². The number of carbonyl (C=O) groups excluding carboxylic acids is 2. The Morgan fingerprint density at radius 1 is 1.50 bits per heavy atom. The molecule has 7 nitrogen and oxygen atoms in total. The third kappa shape index (κ3) is 2.22. The Labute approximate surface area is 115 Å². The molecule has 0 aromatic carbocycles. The molecule has 1 aliphatic rings. The third-order valence-electron chi connectivity index (χ3n) is 3.43. The number of nitrogens with zero attached hydrogens (tertiary/aromatic N) is 3. The van der Waals surface area contributed by atoms with E-state index in [9.17, 15) is 9.59 Å². The highest BCUT2D eigenvalue weighted by molar-refractivity contribution is 5.89. The van der Waals surface area contributed by atoms with Gasteiger partial charge < -0.3 is 10.6 Å². The molecule has 2 unspecified atom stereocenters. The quantitative estimate of drug-likeness (QED) is 0.826. The van der Waals surface area contributed by atoms with Gasteiger partial charge in [0.25, 0.3) is 0 Å². The van der Waals surface area contributed by atoms with Crippen LogP contribution in [0, 0.1) is 5.92 Å². The summed E-state index contributed by atoms with van der Waals surface area (Å²) in [5.74, 6) is 0.157. The lowest BCUT2D eigenvalue weighted by atomic mass is 10.1. The van der Waals surface area contributed by atoms with Gasteiger partial charge in [-0.2, -0.15) is 0 Å². The van der Waals surface area contributed by atoms with Crippen LogP contribution in [-0.4, -0.2) is 33.0 Å². The summed E-state index contributed by atoms with van der Waals surface area (Å²) < 4.78 is 1.84. The average Bonchev–Trinajstić information content (AvgIpc) is 3.04. The summed E-state index contributed by atoms with van der Waals surface area (Å²) in [6.07, 6.45) is 2.10. The Bertz CT molecular complexity index is 666. The van der Waals surface area contributed by atoms with Gasteiger partial charge in [0.1, 0.15) is 0 Å². The fourth-order valence-corrected chi connectivity index (χ4v) is 2.34. The van der Waals surface area contributed by atoms with E-state index in [1.54, 1.807) is 0 Å². The number of aromatic nitrogens is 3. The van der Waals surface area contributed by atoms with Crippen molar-refractivity contribution >= 4 is 17.5 Å². The zero-order valence-corrected chi connectivity index (χ0v) is 11.0. The molecule has 104 valence electrons. The molecule has 1 saturated heterocycles. The fraction of sp³-hybridized carbons (Fsp3) is 0.385. The number of amides is 2. The molecule has 3 heterocycles. The molecule has 0 aliphatic carbocycles. The molecule has 2 amide bonds. The Balaban J connectivity index is 1.74. The van der Waals surface area contributed by atoms with E-state index in [1.807, 2.05) is 35.7 Å². The highest BCUT2D eigenvalue weighted by atomic mass is 16.2. The number of rotatable bonds is 3. The lowest BCUT2D eigenvalue weighted by Gasteiger charge is -2.14. The zero-order chi connectivity index (χ0) is 14.1. The van der Waals surface area contributed by atoms with Crippen molar-refractivity contribution in [1.29, 1.82) is 0 Å². The van der Waals surface area contributed by atoms with Crippen LogP contribution in [0.2, 0.25) is 0 Å². The van der Waals surface area contributed by atoms with Gasteiger partial charge >= 0.3 is 0 Å². The molecule has 2 N–H and O–H groups in total. The van der Waals surface area contributed by atoms with E-state index in [2.05, 4.69) is 20.8 Å². The second kappa shape index (κ2) is 4.92. The van der Waals surface area contributed by atoms with Gasteiger partial charge in [0.2, 0.25) is 11.8 Å². The summed E-state index contributed by atoms with van der Waals surface area (Å²) in [7, 11) is 0. The molecule has 7 heteroatoms. The van der Waals surface area contributed by atoms with Crippen LogP contribution < -0.4 is 10.6 Å². The predicted octanol–water partition coefficient (Wildman–Crippen LogP) is 0.0426. The van der Waals surface area contributed by atoms with Gasteiger partial charge in [0, 0.05) is 19.2 Å². The maximum absolute atomic E-state index is 12.1. The van der Waals surface area contributed by atoms with Crippen LogP contribution >= 0.6 is 0 Å². The standard InChI is InChI=1S/C13H15N5O2/c1-8(15-13(20)9-6-11(19)14-7-9)12-17-16-10-4-2-3-5-18(10)12/h2-5,8-9H,6-7H2,1H3,(H,14,19)(H,15,20). The van der Waals surface area contributed by atoms with E-state index in [0.29, 0.717) is 12.4 Å². The Kier molecular flexibility index (Phi) is 3.09. The summed E-state index contributed by atoms with van der Waals surface area (Å²) in [5, 5.41) is 13.7. The van der Waals surface area contributed by atoms with Gasteiger partial charge in [-0.15, -0.1) is 10.2 Å². The van der Waals surface area contributed by atoms with E-state index in [1.165, 1.54) is 0 Å². The van der Waals surface area contributed by atoms with Crippen molar-refractivity contribution in [3.05, 3.63) is 30.2 Å². The minimum Gasteiger partial charge on any atom is -0.355 e. The molecule has 0 spiro atoms. The molecule has 2 aromatic heterocycles. The Morgan fingerprint density at radius 2 is 2.35 bits per heavy atom. The maximum atomic E-state index is 12.1. The number of hydrogen-bond donors (Lipinski definition) is 2. The number of pyridine rings is 1. The van der Waals surface area contributed by atoms with E-state index < -0.39 is 0 Å². The normalized spacial score (nSPS) is 19.9. The first-order valence-electron chi connectivity index (χ1n) is 6.52. The van der Waals surface area contributed by atoms with Gasteiger partial charge in [-0.1, -0.05) is 6.07 Å².